The molecule has 3 aromatic rings. The lowest BCUT2D eigenvalue weighted by molar-refractivity contribution is 0.0693. The van der Waals surface area contributed by atoms with Gasteiger partial charge < -0.3 is 24.8 Å². The van der Waals surface area contributed by atoms with E-state index in [0.717, 1.165) is 12.1 Å². The average Bonchev–Trinajstić information content (AvgIpc) is 3.29. The Kier molecular flexibility index (Phi) is 7.68. The number of nitrogens with zero attached hydrogens (tertiary/aromatic N) is 2. The second-order valence-electron chi connectivity index (χ2n) is 9.50. The highest BCUT2D eigenvalue weighted by Crippen LogP contribution is 2.34. The Bertz CT molecular complexity index is 1360. The molecule has 2 aromatic carbocycles. The third-order valence-electron chi connectivity index (χ3n) is 7.22. The van der Waals surface area contributed by atoms with E-state index in [0.29, 0.717) is 36.2 Å². The van der Waals surface area contributed by atoms with Gasteiger partial charge in [-0.1, -0.05) is 44.0 Å². The molecule has 3 N–H and O–H groups in total. The van der Waals surface area contributed by atoms with Crippen LogP contribution in [0.2, 0.25) is 5.02 Å². The maximum atomic E-state index is 14.8. The molecule has 0 radical (unpaired) electrons. The predicted octanol–water partition coefficient (Wildman–Crippen LogP) is 4.23. The molecular weight excluding hydrogens is 487 g/mol. The van der Waals surface area contributed by atoms with Crippen molar-refractivity contribution in [3.63, 3.8) is 0 Å². The molecule has 0 bridgehead atoms. The van der Waals surface area contributed by atoms with Gasteiger partial charge in [0, 0.05) is 36.8 Å². The minimum Gasteiger partial charge on any atom is -0.477 e. The lowest BCUT2D eigenvalue weighted by atomic mass is 9.96. The molecule has 3 atom stereocenters. The Morgan fingerprint density at radius 3 is 2.64 bits per heavy atom. The summed E-state index contributed by atoms with van der Waals surface area (Å²) < 4.78 is 16.5. The number of β-amino-alcohol motifs (C(OH)–C–C–N with tert-alkyl or cyclic N) is 1. The molecule has 0 saturated carbocycles. The monoisotopic (exact) mass is 516 g/mol. The van der Waals surface area contributed by atoms with E-state index >= 15 is 0 Å². The fourth-order valence-electron chi connectivity index (χ4n) is 4.96. The molecule has 2 heterocycles. The number of fused-ring (bicyclic) bond motifs is 1. The van der Waals surface area contributed by atoms with Gasteiger partial charge in [0.25, 0.3) is 0 Å². The Morgan fingerprint density at radius 2 is 2.03 bits per heavy atom. The van der Waals surface area contributed by atoms with Crippen molar-refractivity contribution in [3.05, 3.63) is 74.3 Å². The molecule has 2 unspecified atom stereocenters. The zero-order valence-electron chi connectivity index (χ0n) is 20.2. The number of hydrogen-bond donors (Lipinski definition) is 3. The first-order valence-corrected chi connectivity index (χ1v) is 12.5. The number of carboxylic acid groups (broad SMARTS) is 1. The highest BCUT2D eigenvalue weighted by molar-refractivity contribution is 6.30. The van der Waals surface area contributed by atoms with Crippen LogP contribution in [-0.2, 0) is 6.42 Å². The van der Waals surface area contributed by atoms with Crippen molar-refractivity contribution in [3.8, 4) is 0 Å². The van der Waals surface area contributed by atoms with E-state index in [2.05, 4.69) is 0 Å². The number of hydrogen-bond acceptors (Lipinski definition) is 5. The van der Waals surface area contributed by atoms with Crippen molar-refractivity contribution < 1.29 is 24.5 Å². The number of aromatic carboxylic acids is 1. The van der Waals surface area contributed by atoms with E-state index in [1.54, 1.807) is 28.8 Å². The molecular formula is C27H30ClFN2O5. The Balaban J connectivity index is 2.02. The van der Waals surface area contributed by atoms with E-state index in [1.165, 1.54) is 12.3 Å². The van der Waals surface area contributed by atoms with Crippen molar-refractivity contribution in [2.45, 2.75) is 45.3 Å². The minimum atomic E-state index is -1.36. The molecule has 192 valence electrons. The number of aliphatic hydroxyl groups is 2. The Morgan fingerprint density at radius 1 is 1.28 bits per heavy atom. The highest BCUT2D eigenvalue weighted by atomic mass is 35.5. The summed E-state index contributed by atoms with van der Waals surface area (Å²) in [6.07, 6.45) is 2.21. The van der Waals surface area contributed by atoms with Gasteiger partial charge in [-0.25, -0.2) is 9.18 Å². The maximum Gasteiger partial charge on any atom is 0.341 e. The summed E-state index contributed by atoms with van der Waals surface area (Å²) in [6, 6.07) is 7.68. The van der Waals surface area contributed by atoms with Gasteiger partial charge in [0.15, 0.2) is 0 Å². The number of halogens is 2. The summed E-state index contributed by atoms with van der Waals surface area (Å²) in [4.78, 5) is 27.2. The summed E-state index contributed by atoms with van der Waals surface area (Å²) in [6.45, 7) is 4.65. The van der Waals surface area contributed by atoms with Gasteiger partial charge in [0.05, 0.1) is 29.3 Å². The van der Waals surface area contributed by atoms with E-state index in [9.17, 15) is 29.3 Å². The molecule has 1 saturated heterocycles. The van der Waals surface area contributed by atoms with E-state index in [4.69, 9.17) is 11.6 Å². The molecule has 1 aliphatic heterocycles. The number of carbonyl (C=O) groups is 1. The summed E-state index contributed by atoms with van der Waals surface area (Å²) >= 11 is 6.00. The fraction of sp³-hybridized carbons (Fsp3) is 0.407. The molecule has 0 aliphatic carbocycles. The van der Waals surface area contributed by atoms with Crippen LogP contribution in [0.15, 0.2) is 41.3 Å². The van der Waals surface area contributed by atoms with Gasteiger partial charge in [-0.3, -0.25) is 4.79 Å². The van der Waals surface area contributed by atoms with Gasteiger partial charge in [0.1, 0.15) is 11.4 Å². The summed E-state index contributed by atoms with van der Waals surface area (Å²) in [5.74, 6) is -1.91. The summed E-state index contributed by atoms with van der Waals surface area (Å²) in [7, 11) is 0. The number of rotatable bonds is 8. The SMILES string of the molecule is CC[C@H](C)C(CO)n1cc(C(=O)O)c(=O)c2cc(Cc3cccc(Cl)c3F)c(N3CCC(O)C3)cc21. The van der Waals surface area contributed by atoms with Crippen LogP contribution in [0.3, 0.4) is 0 Å². The van der Waals surface area contributed by atoms with Crippen LogP contribution in [0, 0.1) is 11.7 Å². The van der Waals surface area contributed by atoms with E-state index < -0.39 is 34.9 Å². The molecule has 7 nitrogen and oxygen atoms in total. The van der Waals surface area contributed by atoms with Crippen molar-refractivity contribution >= 4 is 34.2 Å². The highest BCUT2D eigenvalue weighted by Gasteiger charge is 2.27. The van der Waals surface area contributed by atoms with Gasteiger partial charge >= 0.3 is 5.97 Å². The van der Waals surface area contributed by atoms with Crippen LogP contribution in [0.4, 0.5) is 10.1 Å². The molecule has 1 fully saturated rings. The van der Waals surface area contributed by atoms with Gasteiger partial charge in [-0.05, 0) is 41.7 Å². The first kappa shape index (κ1) is 26.1. The van der Waals surface area contributed by atoms with Crippen molar-refractivity contribution in [2.75, 3.05) is 24.6 Å². The standard InChI is InChI=1S/C27H30ClFN2O5/c1-3-15(2)24(14-32)31-13-20(27(35)36)26(34)19-10-17(9-16-5-4-6-21(28)25(16)29)22(11-23(19)31)30-8-7-18(33)12-30/h4-6,10-11,13,15,18,24,32-33H,3,7-9,12,14H2,1-2H3,(H,35,36)/t15-,18?,24?/m0/s1. The van der Waals surface area contributed by atoms with E-state index in [1.807, 2.05) is 18.7 Å². The average molecular weight is 517 g/mol. The molecule has 36 heavy (non-hydrogen) atoms. The maximum absolute atomic E-state index is 14.8. The van der Waals surface area contributed by atoms with Gasteiger partial charge in [-0.15, -0.1) is 0 Å². The molecule has 1 aliphatic rings. The number of aliphatic hydroxyl groups excluding tert-OH is 2. The van der Waals surface area contributed by atoms with Crippen LogP contribution in [0.5, 0.6) is 0 Å². The largest absolute Gasteiger partial charge is 0.477 e. The molecule has 0 spiro atoms. The Hall–Kier alpha value is -2.94. The molecule has 0 amide bonds. The van der Waals surface area contributed by atoms with Crippen LogP contribution in [0.1, 0.15) is 54.2 Å². The molecule has 9 heteroatoms. The van der Waals surface area contributed by atoms with Gasteiger partial charge in [0.2, 0.25) is 5.43 Å². The minimum absolute atomic E-state index is 0.000334. The quantitative estimate of drug-likeness (QED) is 0.414. The first-order chi connectivity index (χ1) is 17.2. The molecule has 4 rings (SSSR count). The zero-order valence-corrected chi connectivity index (χ0v) is 21.0. The van der Waals surface area contributed by atoms with Crippen molar-refractivity contribution in [2.24, 2.45) is 5.92 Å². The van der Waals surface area contributed by atoms with Crippen LogP contribution < -0.4 is 10.3 Å². The van der Waals surface area contributed by atoms with Crippen molar-refractivity contribution in [1.82, 2.24) is 4.57 Å². The lowest BCUT2D eigenvalue weighted by Gasteiger charge is -2.28. The number of aromatic nitrogens is 1. The Labute approximate surface area is 213 Å². The zero-order chi connectivity index (χ0) is 26.1. The first-order valence-electron chi connectivity index (χ1n) is 12.1. The third kappa shape index (κ3) is 4.85. The smallest absolute Gasteiger partial charge is 0.341 e. The second kappa shape index (κ2) is 10.6. The topological polar surface area (TPSA) is 103 Å². The predicted molar refractivity (Wildman–Crippen MR) is 138 cm³/mol. The van der Waals surface area contributed by atoms with Crippen LogP contribution in [0.25, 0.3) is 10.9 Å². The normalized spacial score (nSPS) is 17.5. The second-order valence-corrected chi connectivity index (χ2v) is 9.90. The third-order valence-corrected chi connectivity index (χ3v) is 7.52. The number of benzene rings is 2. The number of carboxylic acids is 1. The number of anilines is 1. The summed E-state index contributed by atoms with van der Waals surface area (Å²) in [5, 5.41) is 30.3. The summed E-state index contributed by atoms with van der Waals surface area (Å²) in [5.41, 5.74) is 1.12. The van der Waals surface area contributed by atoms with Gasteiger partial charge in [-0.2, -0.15) is 0 Å². The van der Waals surface area contributed by atoms with Crippen molar-refractivity contribution in [1.29, 1.82) is 0 Å². The van der Waals surface area contributed by atoms with E-state index in [-0.39, 0.29) is 29.4 Å². The lowest BCUT2D eigenvalue weighted by Crippen LogP contribution is -2.27. The molecule has 1 aromatic heterocycles. The van der Waals surface area contributed by atoms with Crippen LogP contribution >= 0.6 is 11.6 Å². The number of pyridine rings is 1. The fourth-order valence-corrected chi connectivity index (χ4v) is 5.15. The van der Waals surface area contributed by atoms with Crippen LogP contribution in [-0.4, -0.2) is 51.7 Å².